The molecule has 0 spiro atoms. The van der Waals surface area contributed by atoms with E-state index in [1.54, 1.807) is 6.33 Å². The molecule has 0 saturated carbocycles. The molecule has 0 bridgehead atoms. The summed E-state index contributed by atoms with van der Waals surface area (Å²) in [5.41, 5.74) is 1.91. The predicted octanol–water partition coefficient (Wildman–Crippen LogP) is 3.90. The normalized spacial score (nSPS) is 10.7. The zero-order valence-corrected chi connectivity index (χ0v) is 14.7. The van der Waals surface area contributed by atoms with Gasteiger partial charge in [-0.2, -0.15) is 0 Å². The summed E-state index contributed by atoms with van der Waals surface area (Å²) < 4.78 is 1.84. The van der Waals surface area contributed by atoms with Crippen LogP contribution in [0.5, 0.6) is 0 Å². The maximum atomic E-state index is 12.5. The van der Waals surface area contributed by atoms with E-state index >= 15 is 0 Å². The highest BCUT2D eigenvalue weighted by Crippen LogP contribution is 2.32. The van der Waals surface area contributed by atoms with E-state index in [2.05, 4.69) is 15.5 Å². The molecule has 5 nitrogen and oxygen atoms in total. The Morgan fingerprint density at radius 1 is 1.30 bits per heavy atom. The SMILES string of the molecule is Cc1cc(C(=O)Nc2ccccc2Sc2nncn2C)sc1C. The maximum absolute atomic E-state index is 12.5. The Balaban J connectivity index is 1.83. The molecule has 7 heteroatoms. The lowest BCUT2D eigenvalue weighted by atomic mass is 10.2. The number of nitrogens with zero attached hydrogens (tertiary/aromatic N) is 3. The Hall–Kier alpha value is -2.12. The lowest BCUT2D eigenvalue weighted by Crippen LogP contribution is -2.10. The average Bonchev–Trinajstić information content (AvgIpc) is 3.08. The van der Waals surface area contributed by atoms with E-state index in [1.807, 2.05) is 55.8 Å². The summed E-state index contributed by atoms with van der Waals surface area (Å²) in [7, 11) is 1.89. The van der Waals surface area contributed by atoms with Gasteiger partial charge in [-0.3, -0.25) is 4.79 Å². The lowest BCUT2D eigenvalue weighted by Gasteiger charge is -2.09. The maximum Gasteiger partial charge on any atom is 0.265 e. The molecule has 2 aromatic heterocycles. The summed E-state index contributed by atoms with van der Waals surface area (Å²) in [6.45, 7) is 4.04. The largest absolute Gasteiger partial charge is 0.320 e. The average molecular weight is 344 g/mol. The number of thiophene rings is 1. The summed E-state index contributed by atoms with van der Waals surface area (Å²) in [5.74, 6) is -0.0859. The van der Waals surface area contributed by atoms with Crippen LogP contribution < -0.4 is 5.32 Å². The minimum atomic E-state index is -0.0859. The van der Waals surface area contributed by atoms with Crippen molar-refractivity contribution in [2.45, 2.75) is 23.9 Å². The number of aryl methyl sites for hydroxylation is 3. The number of carbonyl (C=O) groups is 1. The molecule has 0 aliphatic rings. The van der Waals surface area contributed by atoms with Gasteiger partial charge >= 0.3 is 0 Å². The van der Waals surface area contributed by atoms with Crippen LogP contribution in [-0.4, -0.2) is 20.7 Å². The first-order valence-corrected chi connectivity index (χ1v) is 8.67. The minimum Gasteiger partial charge on any atom is -0.320 e. The smallest absolute Gasteiger partial charge is 0.265 e. The second-order valence-electron chi connectivity index (χ2n) is 5.13. The number of hydrogen-bond acceptors (Lipinski definition) is 5. The molecule has 0 fully saturated rings. The molecule has 0 radical (unpaired) electrons. The van der Waals surface area contributed by atoms with Gasteiger partial charge in [0.15, 0.2) is 5.16 Å². The fraction of sp³-hybridized carbons (Fsp3) is 0.188. The molecule has 0 unspecified atom stereocenters. The third-order valence-corrected chi connectivity index (χ3v) is 5.68. The van der Waals surface area contributed by atoms with Crippen LogP contribution in [0.15, 0.2) is 46.7 Å². The van der Waals surface area contributed by atoms with E-state index < -0.39 is 0 Å². The fourth-order valence-corrected chi connectivity index (χ4v) is 3.77. The lowest BCUT2D eigenvalue weighted by molar-refractivity contribution is 0.103. The summed E-state index contributed by atoms with van der Waals surface area (Å²) in [6.07, 6.45) is 1.65. The summed E-state index contributed by atoms with van der Waals surface area (Å²) in [6, 6.07) is 9.62. The number of amides is 1. The van der Waals surface area contributed by atoms with Crippen LogP contribution in [0, 0.1) is 13.8 Å². The monoisotopic (exact) mass is 344 g/mol. The summed E-state index contributed by atoms with van der Waals surface area (Å²) in [5, 5.41) is 11.7. The molecule has 0 saturated heterocycles. The molecular weight excluding hydrogens is 328 g/mol. The number of para-hydroxylation sites is 1. The number of hydrogen-bond donors (Lipinski definition) is 1. The Morgan fingerprint density at radius 2 is 2.09 bits per heavy atom. The van der Waals surface area contributed by atoms with E-state index in [1.165, 1.54) is 23.1 Å². The van der Waals surface area contributed by atoms with Gasteiger partial charge < -0.3 is 9.88 Å². The van der Waals surface area contributed by atoms with E-state index in [4.69, 9.17) is 0 Å². The van der Waals surface area contributed by atoms with Crippen LogP contribution in [0.1, 0.15) is 20.1 Å². The van der Waals surface area contributed by atoms with Crippen molar-refractivity contribution in [2.24, 2.45) is 7.05 Å². The van der Waals surface area contributed by atoms with Crippen molar-refractivity contribution in [1.29, 1.82) is 0 Å². The molecule has 0 atom stereocenters. The second kappa shape index (κ2) is 6.55. The van der Waals surface area contributed by atoms with Gasteiger partial charge in [0.05, 0.1) is 10.6 Å². The number of aromatic nitrogens is 3. The number of benzene rings is 1. The van der Waals surface area contributed by atoms with Crippen molar-refractivity contribution in [3.8, 4) is 0 Å². The van der Waals surface area contributed by atoms with Gasteiger partial charge in [0, 0.05) is 16.8 Å². The van der Waals surface area contributed by atoms with E-state index in [0.717, 1.165) is 31.1 Å². The molecule has 118 valence electrons. The van der Waals surface area contributed by atoms with E-state index in [0.29, 0.717) is 0 Å². The van der Waals surface area contributed by atoms with Crippen LogP contribution in [0.3, 0.4) is 0 Å². The van der Waals surface area contributed by atoms with Gasteiger partial charge in [0.1, 0.15) is 6.33 Å². The van der Waals surface area contributed by atoms with Crippen molar-refractivity contribution in [2.75, 3.05) is 5.32 Å². The highest BCUT2D eigenvalue weighted by Gasteiger charge is 2.14. The van der Waals surface area contributed by atoms with Crippen molar-refractivity contribution in [1.82, 2.24) is 14.8 Å². The number of rotatable bonds is 4. The number of anilines is 1. The zero-order valence-electron chi connectivity index (χ0n) is 13.0. The highest BCUT2D eigenvalue weighted by molar-refractivity contribution is 7.99. The molecule has 3 aromatic rings. The van der Waals surface area contributed by atoms with E-state index in [-0.39, 0.29) is 5.91 Å². The van der Waals surface area contributed by atoms with Gasteiger partial charge in [-0.1, -0.05) is 12.1 Å². The Kier molecular flexibility index (Phi) is 4.49. The van der Waals surface area contributed by atoms with Crippen LogP contribution in [0.4, 0.5) is 5.69 Å². The fourth-order valence-electron chi connectivity index (χ4n) is 1.99. The first-order valence-electron chi connectivity index (χ1n) is 7.04. The van der Waals surface area contributed by atoms with Gasteiger partial charge in [0.25, 0.3) is 5.91 Å². The Labute approximate surface area is 142 Å². The van der Waals surface area contributed by atoms with Gasteiger partial charge in [-0.05, 0) is 49.4 Å². The van der Waals surface area contributed by atoms with Crippen LogP contribution >= 0.6 is 23.1 Å². The van der Waals surface area contributed by atoms with Gasteiger partial charge in [-0.25, -0.2) is 0 Å². The topological polar surface area (TPSA) is 59.8 Å². The van der Waals surface area contributed by atoms with Crippen molar-refractivity contribution in [3.05, 3.63) is 52.0 Å². The summed E-state index contributed by atoms with van der Waals surface area (Å²) in [4.78, 5) is 15.3. The second-order valence-corrected chi connectivity index (χ2v) is 7.39. The third kappa shape index (κ3) is 3.46. The Bertz CT molecular complexity index is 834. The first kappa shape index (κ1) is 15.8. The van der Waals surface area contributed by atoms with Crippen LogP contribution in [0.25, 0.3) is 0 Å². The number of carbonyl (C=O) groups excluding carboxylic acids is 1. The first-order chi connectivity index (χ1) is 11.0. The predicted molar refractivity (Wildman–Crippen MR) is 93.3 cm³/mol. The third-order valence-electron chi connectivity index (χ3n) is 3.40. The van der Waals surface area contributed by atoms with Gasteiger partial charge in [-0.15, -0.1) is 21.5 Å². The Morgan fingerprint density at radius 3 is 2.74 bits per heavy atom. The summed E-state index contributed by atoms with van der Waals surface area (Å²) >= 11 is 2.98. The molecule has 2 heterocycles. The molecule has 0 aliphatic carbocycles. The number of nitrogens with one attached hydrogen (secondary N) is 1. The molecule has 1 N–H and O–H groups in total. The molecule has 3 rings (SSSR count). The minimum absolute atomic E-state index is 0.0859. The van der Waals surface area contributed by atoms with Crippen molar-refractivity contribution < 1.29 is 4.79 Å². The van der Waals surface area contributed by atoms with E-state index in [9.17, 15) is 4.79 Å². The molecular formula is C16H16N4OS2. The molecule has 1 aromatic carbocycles. The van der Waals surface area contributed by atoms with Gasteiger partial charge in [0.2, 0.25) is 0 Å². The van der Waals surface area contributed by atoms with Crippen LogP contribution in [-0.2, 0) is 7.05 Å². The van der Waals surface area contributed by atoms with Crippen molar-refractivity contribution >= 4 is 34.7 Å². The highest BCUT2D eigenvalue weighted by atomic mass is 32.2. The van der Waals surface area contributed by atoms with Crippen LogP contribution in [0.2, 0.25) is 0 Å². The molecule has 23 heavy (non-hydrogen) atoms. The molecule has 0 aliphatic heterocycles. The van der Waals surface area contributed by atoms with Crippen molar-refractivity contribution in [3.63, 3.8) is 0 Å². The zero-order chi connectivity index (χ0) is 16.4. The standard InChI is InChI=1S/C16H16N4OS2/c1-10-8-14(22-11(10)2)15(21)18-12-6-4-5-7-13(12)23-16-19-17-9-20(16)3/h4-9H,1-3H3,(H,18,21). The quantitative estimate of drug-likeness (QED) is 0.780. The molecule has 1 amide bonds.